The van der Waals surface area contributed by atoms with E-state index < -0.39 is 30.1 Å². The van der Waals surface area contributed by atoms with E-state index in [1.807, 2.05) is 0 Å². The van der Waals surface area contributed by atoms with Crippen molar-refractivity contribution in [3.8, 4) is 5.75 Å². The summed E-state index contributed by atoms with van der Waals surface area (Å²) in [4.78, 5) is 0. The molecule has 0 aromatic heterocycles. The summed E-state index contributed by atoms with van der Waals surface area (Å²) in [6.07, 6.45) is 0. The van der Waals surface area contributed by atoms with E-state index >= 15 is 0 Å². The Morgan fingerprint density at radius 1 is 0.553 bits per heavy atom. The number of rotatable bonds is 12. The number of aromatic hydroxyl groups is 1. The lowest BCUT2D eigenvalue weighted by Crippen LogP contribution is -2.24. The normalized spacial score (nSPS) is 12.9. The van der Waals surface area contributed by atoms with E-state index in [4.69, 9.17) is 17.2 Å². The molecule has 10 N–H and O–H groups in total. The number of nitrogens with one attached hydrogen (secondary N) is 3. The number of hydrogen-bond donors (Lipinski definition) is 7. The summed E-state index contributed by atoms with van der Waals surface area (Å²) in [6, 6.07) is 8.94. The maximum absolute atomic E-state index is 12.6. The molecule has 0 radical (unpaired) electrons. The fourth-order valence-corrected chi connectivity index (χ4v) is 7.10. The van der Waals surface area contributed by atoms with Crippen LogP contribution in [0, 0.1) is 0 Å². The molecule has 0 saturated carbocycles. The maximum atomic E-state index is 12.6. The van der Waals surface area contributed by atoms with Crippen LogP contribution < -0.4 is 31.4 Å². The van der Waals surface area contributed by atoms with Crippen molar-refractivity contribution in [3.63, 3.8) is 0 Å². The van der Waals surface area contributed by atoms with Gasteiger partial charge in [-0.15, -0.1) is 0 Å². The van der Waals surface area contributed by atoms with Crippen LogP contribution >= 0.6 is 0 Å². The lowest BCUT2D eigenvalue weighted by atomic mass is 9.91. The van der Waals surface area contributed by atoms with Gasteiger partial charge in [-0.25, -0.2) is 25.3 Å². The van der Waals surface area contributed by atoms with Gasteiger partial charge in [-0.05, 0) is 12.1 Å². The molecule has 38 heavy (non-hydrogen) atoms. The van der Waals surface area contributed by atoms with Crippen molar-refractivity contribution in [2.24, 2.45) is 17.2 Å². The van der Waals surface area contributed by atoms with Crippen molar-refractivity contribution in [2.45, 2.75) is 0 Å². The summed E-state index contributed by atoms with van der Waals surface area (Å²) in [5.74, 6) is -1.35. The number of benzene rings is 4. The van der Waals surface area contributed by atoms with Crippen molar-refractivity contribution < 1.29 is 30.4 Å². The van der Waals surface area contributed by atoms with E-state index in [0.29, 0.717) is 32.3 Å². The quantitative estimate of drug-likeness (QED) is 0.113. The zero-order chi connectivity index (χ0) is 27.9. The number of nitrogens with two attached hydrogens (primary N) is 3. The van der Waals surface area contributed by atoms with Crippen LogP contribution in [0.2, 0.25) is 0 Å². The second-order valence-electron chi connectivity index (χ2n) is 8.62. The van der Waals surface area contributed by atoms with Gasteiger partial charge in [0.2, 0.25) is 30.1 Å². The molecule has 4 aromatic carbocycles. The van der Waals surface area contributed by atoms with Gasteiger partial charge in [-0.3, -0.25) is 14.2 Å². The van der Waals surface area contributed by atoms with Crippen molar-refractivity contribution in [2.75, 3.05) is 51.1 Å². The summed E-state index contributed by atoms with van der Waals surface area (Å²) in [7, 11) is -11.6. The molecule has 0 fully saturated rings. The average Bonchev–Trinajstić information content (AvgIpc) is 2.79. The molecule has 0 heterocycles. The van der Waals surface area contributed by atoms with Gasteiger partial charge < -0.3 is 22.3 Å². The highest BCUT2D eigenvalue weighted by molar-refractivity contribution is 7.93. The van der Waals surface area contributed by atoms with E-state index in [-0.39, 0.29) is 59.7 Å². The topological polar surface area (TPSA) is 237 Å². The Kier molecular flexibility index (Phi) is 7.48. The van der Waals surface area contributed by atoms with Crippen LogP contribution in [-0.4, -0.2) is 67.3 Å². The molecule has 0 bridgehead atoms. The lowest BCUT2D eigenvalue weighted by molar-refractivity contribution is 0.482. The van der Waals surface area contributed by atoms with Crippen molar-refractivity contribution in [1.29, 1.82) is 0 Å². The molecule has 0 aliphatic heterocycles. The minimum Gasteiger partial charge on any atom is -0.507 e. The lowest BCUT2D eigenvalue weighted by Gasteiger charge is -2.21. The number of phenols is 1. The summed E-state index contributed by atoms with van der Waals surface area (Å²) in [5, 5.41) is 13.1. The SMILES string of the molecule is NCCS(=O)(=O)Nc1cc(O)c2ccc3c(NS(=O)(=O)CCN)cc(NS(=O)(=O)CCN)c4ccc1c2c34. The third-order valence-corrected chi connectivity index (χ3v) is 9.75. The number of phenolic OH excluding ortho intramolecular Hbond substituents is 1. The standard InChI is InChI=1S/C22H28N6O7S3/c23-5-8-36(30,31)26-17-11-18(27-37(32,33)9-6-24)14-3-4-16-20(29)12-19(28-38(34,35)10-7-25)15-2-1-13(17)21(14)22(15)16/h1-4,11-12,26-29H,5-10,23-25H2. The maximum Gasteiger partial charge on any atom is 0.233 e. The molecule has 4 rings (SSSR count). The average molecular weight is 585 g/mol. The molecule has 0 unspecified atom stereocenters. The van der Waals surface area contributed by atoms with Crippen molar-refractivity contribution in [3.05, 3.63) is 36.4 Å². The summed E-state index contributed by atoms with van der Waals surface area (Å²) in [5.41, 5.74) is 16.5. The minimum atomic E-state index is -3.89. The molecule has 0 atom stereocenters. The first-order valence-corrected chi connectivity index (χ1v) is 16.4. The molecule has 4 aromatic rings. The van der Waals surface area contributed by atoms with Gasteiger partial charge in [-0.1, -0.05) is 18.2 Å². The fourth-order valence-electron chi connectivity index (χ4n) is 4.35. The third kappa shape index (κ3) is 5.50. The van der Waals surface area contributed by atoms with Gasteiger partial charge in [0, 0.05) is 58.0 Å². The Labute approximate surface area is 219 Å². The Morgan fingerprint density at radius 2 is 0.868 bits per heavy atom. The van der Waals surface area contributed by atoms with Crippen LogP contribution in [0.1, 0.15) is 0 Å². The molecular weight excluding hydrogens is 556 g/mol. The van der Waals surface area contributed by atoms with Crippen LogP contribution in [0.4, 0.5) is 17.1 Å². The predicted molar refractivity (Wildman–Crippen MR) is 151 cm³/mol. The molecule has 0 aliphatic carbocycles. The highest BCUT2D eigenvalue weighted by Crippen LogP contribution is 2.46. The van der Waals surface area contributed by atoms with Crippen molar-refractivity contribution >= 4 is 79.4 Å². The van der Waals surface area contributed by atoms with Crippen LogP contribution in [0.15, 0.2) is 36.4 Å². The van der Waals surface area contributed by atoms with E-state index in [1.54, 1.807) is 24.3 Å². The van der Waals surface area contributed by atoms with Crippen molar-refractivity contribution in [1.82, 2.24) is 0 Å². The van der Waals surface area contributed by atoms with Crippen LogP contribution in [0.5, 0.6) is 5.75 Å². The van der Waals surface area contributed by atoms with Gasteiger partial charge in [0.1, 0.15) is 5.75 Å². The highest BCUT2D eigenvalue weighted by Gasteiger charge is 2.23. The molecule has 206 valence electrons. The van der Waals surface area contributed by atoms with E-state index in [9.17, 15) is 30.4 Å². The molecule has 0 aliphatic rings. The Morgan fingerprint density at radius 3 is 1.24 bits per heavy atom. The fraction of sp³-hybridized carbons (Fsp3) is 0.273. The second-order valence-corrected chi connectivity index (χ2v) is 14.1. The third-order valence-electron chi connectivity index (χ3n) is 5.83. The first kappa shape index (κ1) is 27.9. The largest absolute Gasteiger partial charge is 0.507 e. The van der Waals surface area contributed by atoms with Crippen LogP contribution in [0.25, 0.3) is 32.3 Å². The van der Waals surface area contributed by atoms with Gasteiger partial charge >= 0.3 is 0 Å². The summed E-state index contributed by atoms with van der Waals surface area (Å²) >= 11 is 0. The molecule has 13 nitrogen and oxygen atoms in total. The number of anilines is 3. The Balaban J connectivity index is 2.09. The monoisotopic (exact) mass is 584 g/mol. The minimum absolute atomic E-state index is 0.0689. The Hall–Kier alpha value is -3.15. The smallest absolute Gasteiger partial charge is 0.233 e. The number of sulfonamides is 3. The second kappa shape index (κ2) is 10.2. The van der Waals surface area contributed by atoms with Gasteiger partial charge in [-0.2, -0.15) is 0 Å². The molecule has 16 heteroatoms. The Bertz CT molecular complexity index is 1780. The van der Waals surface area contributed by atoms with E-state index in [1.165, 1.54) is 12.1 Å². The van der Waals surface area contributed by atoms with Gasteiger partial charge in [0.25, 0.3) is 0 Å². The zero-order valence-electron chi connectivity index (χ0n) is 20.1. The first-order valence-electron chi connectivity index (χ1n) is 11.4. The molecule has 0 spiro atoms. The van der Waals surface area contributed by atoms with E-state index in [0.717, 1.165) is 0 Å². The molecule has 0 amide bonds. The number of hydrogen-bond acceptors (Lipinski definition) is 10. The van der Waals surface area contributed by atoms with Gasteiger partial charge in [0.05, 0.1) is 34.3 Å². The summed E-state index contributed by atoms with van der Waals surface area (Å²) in [6.45, 7) is -0.402. The predicted octanol–water partition coefficient (Wildman–Crippen LogP) is 0.391. The summed E-state index contributed by atoms with van der Waals surface area (Å²) < 4.78 is 82.7. The molecule has 0 saturated heterocycles. The van der Waals surface area contributed by atoms with Gasteiger partial charge in [0.15, 0.2) is 0 Å². The highest BCUT2D eigenvalue weighted by atomic mass is 32.2. The first-order chi connectivity index (χ1) is 17.8. The van der Waals surface area contributed by atoms with E-state index in [2.05, 4.69) is 14.2 Å². The molecular formula is C22H28N6O7S3. The zero-order valence-corrected chi connectivity index (χ0v) is 22.5. The van der Waals surface area contributed by atoms with Crippen LogP contribution in [0.3, 0.4) is 0 Å². The van der Waals surface area contributed by atoms with Crippen LogP contribution in [-0.2, 0) is 30.1 Å².